The number of nitrogens with two attached hydrogens (primary N) is 1. The maximum atomic E-state index is 13.3. The van der Waals surface area contributed by atoms with E-state index in [0.29, 0.717) is 70.9 Å². The Labute approximate surface area is 499 Å². The summed E-state index contributed by atoms with van der Waals surface area (Å²) in [6.07, 6.45) is 22.3. The van der Waals surface area contributed by atoms with Gasteiger partial charge in [0.1, 0.15) is 34.7 Å². The Morgan fingerprint density at radius 3 is 0.951 bits per heavy atom. The average molecular weight is 1160 g/mol. The predicted molar refractivity (Wildman–Crippen MR) is 331 cm³/mol. The Balaban J connectivity index is 0.000000256. The maximum Gasteiger partial charge on any atom is 0.216 e. The van der Waals surface area contributed by atoms with Crippen LogP contribution in [0.15, 0.2) is 53.5 Å². The molecule has 8 aliphatic rings. The van der Waals surface area contributed by atoms with Crippen molar-refractivity contribution in [1.82, 2.24) is 16.0 Å². The van der Waals surface area contributed by atoms with E-state index < -0.39 is 0 Å². The van der Waals surface area contributed by atoms with Crippen LogP contribution in [0.4, 0.5) is 5.69 Å². The number of isothiocyanates is 1. The lowest BCUT2D eigenvalue weighted by Crippen LogP contribution is -2.63. The minimum absolute atomic E-state index is 0.00314. The molecule has 8 bridgehead atoms. The topological polar surface area (TPSA) is 211 Å². The van der Waals surface area contributed by atoms with Gasteiger partial charge in [-0.25, -0.2) is 0 Å². The zero-order valence-electron chi connectivity index (χ0n) is 50.7. The summed E-state index contributed by atoms with van der Waals surface area (Å²) in [5, 5.41) is 11.7. The van der Waals surface area contributed by atoms with Gasteiger partial charge in [-0.15, -0.1) is 0 Å². The van der Waals surface area contributed by atoms with E-state index in [-0.39, 0.29) is 89.8 Å². The van der Waals surface area contributed by atoms with E-state index in [1.54, 1.807) is 41.5 Å². The van der Waals surface area contributed by atoms with Crippen molar-refractivity contribution in [2.75, 3.05) is 27.2 Å². The number of ketones is 6. The summed E-state index contributed by atoms with van der Waals surface area (Å²) < 4.78 is 0. The maximum absolute atomic E-state index is 13.3. The van der Waals surface area contributed by atoms with E-state index in [9.17, 15) is 38.4 Å². The van der Waals surface area contributed by atoms with Crippen LogP contribution in [0.2, 0.25) is 0 Å². The number of rotatable bonds is 29. The second kappa shape index (κ2) is 27.8. The molecule has 82 heavy (non-hydrogen) atoms. The Bertz CT molecular complexity index is 2560. The molecule has 0 aliphatic heterocycles. The number of likely N-dealkylation sites (N-methyl/N-ethyl adjacent to an activating group) is 1. The van der Waals surface area contributed by atoms with Crippen molar-refractivity contribution in [3.05, 3.63) is 65.2 Å². The highest BCUT2D eigenvalue weighted by molar-refractivity contribution is 7.80. The van der Waals surface area contributed by atoms with Gasteiger partial charge in [-0.1, -0.05) is 48.6 Å². The van der Waals surface area contributed by atoms with Crippen LogP contribution in [0.25, 0.3) is 0 Å². The zero-order chi connectivity index (χ0) is 60.2. The summed E-state index contributed by atoms with van der Waals surface area (Å²) in [5.74, 6) is 1.31. The molecular formula is C67H95N5O8S2. The molecule has 0 heterocycles. The van der Waals surface area contributed by atoms with Gasteiger partial charge in [0.05, 0.1) is 15.8 Å². The molecule has 448 valence electrons. The van der Waals surface area contributed by atoms with E-state index in [1.165, 1.54) is 7.05 Å². The number of nitrogens with one attached hydrogen (secondary N) is 3. The van der Waals surface area contributed by atoms with Crippen LogP contribution in [-0.2, 0) is 57.6 Å². The van der Waals surface area contributed by atoms with E-state index in [2.05, 4.69) is 56.2 Å². The van der Waals surface area contributed by atoms with Gasteiger partial charge in [-0.2, -0.15) is 4.99 Å². The molecule has 0 radical (unpaired) electrons. The van der Waals surface area contributed by atoms with Gasteiger partial charge in [-0.3, -0.25) is 19.2 Å². The van der Waals surface area contributed by atoms with Gasteiger partial charge in [0.15, 0.2) is 0 Å². The number of carbonyl (C=O) groups is 8. The van der Waals surface area contributed by atoms with E-state index in [0.717, 1.165) is 143 Å². The predicted octanol–water partition coefficient (Wildman–Crippen LogP) is 12.0. The molecule has 4 unspecified atom stereocenters. The summed E-state index contributed by atoms with van der Waals surface area (Å²) in [6, 6.07) is 15.7. The molecule has 2 amide bonds. The molecule has 2 aromatic carbocycles. The minimum atomic E-state index is -0.0465. The molecular weight excluding hydrogens is 1070 g/mol. The first kappa shape index (κ1) is 66.2. The van der Waals surface area contributed by atoms with Gasteiger partial charge < -0.3 is 40.9 Å². The summed E-state index contributed by atoms with van der Waals surface area (Å²) in [5.41, 5.74) is 8.37. The number of aliphatic imine (C=N–C) groups is 1. The van der Waals surface area contributed by atoms with Gasteiger partial charge in [0, 0.05) is 91.8 Å². The molecule has 0 aromatic heterocycles. The standard InChI is InChI=1S/C34H48N2O4S.C32H42N2O4S.CH5N/c1-24(37)9-12-31-17-32(13-10-25(2)38)19-33(18-31,22-34(20-31,21-32)23-36-26(3)39)14-11-29(40)15-27-5-7-28(8-6-27)16-30(41)35-4;1-23(35)8-11-29-15-30(12-9-24(2)36)17-31(16-29,20-32(18-29,19-30)21-33-25(3)37)13-10-28(38)14-26-4-6-27(7-5-26)34-22-39;1-2/h5-8H,9-23H2,1-4H3,(H,35,41)(H,36,39);4-7H,8-21H2,1-3H3,(H,33,37);2H2,1H3/t31-,32+,33?,34?;29-,30+,31?,32?;. The highest BCUT2D eigenvalue weighted by Crippen LogP contribution is 2.78. The third-order valence-corrected chi connectivity index (χ3v) is 20.3. The summed E-state index contributed by atoms with van der Waals surface area (Å²) in [7, 11) is 3.33. The number of nitrogens with zero attached hydrogens (tertiary/aromatic N) is 1. The fourth-order valence-corrected chi connectivity index (χ4v) is 18.9. The average Bonchev–Trinajstić information content (AvgIpc) is 3.11. The van der Waals surface area contributed by atoms with Crippen LogP contribution in [-0.4, -0.2) is 83.8 Å². The molecule has 2 aromatic rings. The van der Waals surface area contributed by atoms with Crippen molar-refractivity contribution in [3.8, 4) is 0 Å². The third-order valence-electron chi connectivity index (χ3n) is 19.9. The number of carbonyl (C=O) groups excluding carboxylic acids is 8. The molecule has 13 nitrogen and oxygen atoms in total. The second-order valence-electron chi connectivity index (χ2n) is 27.7. The van der Waals surface area contributed by atoms with Gasteiger partial charge in [0.25, 0.3) is 0 Å². The highest BCUT2D eigenvalue weighted by Gasteiger charge is 2.68. The Morgan fingerprint density at radius 2 is 0.695 bits per heavy atom. The molecule has 8 fully saturated rings. The van der Waals surface area contributed by atoms with Gasteiger partial charge >= 0.3 is 0 Å². The SMILES string of the molecule is CC(=O)CC[C@]12CC3(CCC(=O)Cc4ccc(N=C=S)cc4)CC(CNC(C)=O)(C1)C[C@@](CCC(C)=O)(C3)C2.CN.CNC(=S)Cc1ccc(CC(=O)CCC23CC4(CNC(C)=O)C[C@](CCC(C)=O)(C2)C[C@](CCC(C)=O)(C3)C4)cc1. The lowest BCUT2D eigenvalue weighted by atomic mass is 9.33. The van der Waals surface area contributed by atoms with E-state index in [1.807, 2.05) is 43.4 Å². The number of hydrogen-bond donors (Lipinski definition) is 4. The minimum Gasteiger partial charge on any atom is -0.382 e. The Kier molecular flexibility index (Phi) is 22.5. The smallest absolute Gasteiger partial charge is 0.216 e. The fraction of sp³-hybridized carbons (Fsp3) is 0.672. The molecule has 0 spiro atoms. The molecule has 8 aliphatic carbocycles. The van der Waals surface area contributed by atoms with Gasteiger partial charge in [0.2, 0.25) is 11.8 Å². The van der Waals surface area contributed by atoms with Crippen LogP contribution in [0, 0.1) is 43.3 Å². The van der Waals surface area contributed by atoms with Crippen LogP contribution in [0.1, 0.15) is 212 Å². The van der Waals surface area contributed by atoms with Crippen molar-refractivity contribution in [3.63, 3.8) is 0 Å². The molecule has 15 heteroatoms. The number of amides is 2. The summed E-state index contributed by atoms with van der Waals surface area (Å²) >= 11 is 9.94. The molecule has 0 saturated heterocycles. The Morgan fingerprint density at radius 1 is 0.439 bits per heavy atom. The molecule has 8 saturated carbocycles. The van der Waals surface area contributed by atoms with Crippen molar-refractivity contribution in [1.29, 1.82) is 0 Å². The van der Waals surface area contributed by atoms with Crippen LogP contribution < -0.4 is 21.7 Å². The molecule has 8 atom stereocenters. The quantitative estimate of drug-likeness (QED) is 0.0443. The second-order valence-corrected chi connectivity index (χ2v) is 28.4. The van der Waals surface area contributed by atoms with Crippen molar-refractivity contribution in [2.24, 2.45) is 54.0 Å². The first-order chi connectivity index (χ1) is 38.7. The normalized spacial score (nSPS) is 29.4. The summed E-state index contributed by atoms with van der Waals surface area (Å²) in [4.78, 5) is 104. The lowest BCUT2D eigenvalue weighted by Gasteiger charge is -2.71. The number of benzene rings is 2. The van der Waals surface area contributed by atoms with Crippen molar-refractivity contribution < 1.29 is 38.4 Å². The van der Waals surface area contributed by atoms with Crippen molar-refractivity contribution in [2.45, 2.75) is 215 Å². The van der Waals surface area contributed by atoms with Crippen LogP contribution >= 0.6 is 24.4 Å². The van der Waals surface area contributed by atoms with Gasteiger partial charge in [-0.05, 0) is 235 Å². The summed E-state index contributed by atoms with van der Waals surface area (Å²) in [6.45, 7) is 11.1. The van der Waals surface area contributed by atoms with E-state index in [4.69, 9.17) is 12.2 Å². The first-order valence-corrected chi connectivity index (χ1v) is 31.0. The fourth-order valence-electron chi connectivity index (χ4n) is 18.6. The third kappa shape index (κ3) is 17.8. The van der Waals surface area contributed by atoms with Crippen LogP contribution in [0.5, 0.6) is 0 Å². The largest absolute Gasteiger partial charge is 0.382 e. The Hall–Kier alpha value is -4.95. The van der Waals surface area contributed by atoms with E-state index >= 15 is 0 Å². The number of hydrogen-bond acceptors (Lipinski definition) is 12. The number of Topliss-reactive ketones (excluding diaryl/α,β-unsaturated/α-hetero) is 6. The lowest BCUT2D eigenvalue weighted by molar-refractivity contribution is -0.208. The zero-order valence-corrected chi connectivity index (χ0v) is 52.4. The number of thiocarbonyl (C=S) groups is 2. The highest BCUT2D eigenvalue weighted by atomic mass is 32.1. The first-order valence-electron chi connectivity index (χ1n) is 30.2. The van der Waals surface area contributed by atoms with Crippen molar-refractivity contribution >= 4 is 86.8 Å². The molecule has 10 rings (SSSR count). The monoisotopic (exact) mass is 1160 g/mol. The molecule has 5 N–H and O–H groups in total. The van der Waals surface area contributed by atoms with Crippen LogP contribution in [0.3, 0.4) is 0 Å².